The summed E-state index contributed by atoms with van der Waals surface area (Å²) in [6, 6.07) is 0. The lowest BCUT2D eigenvalue weighted by atomic mass is 9.83. The third kappa shape index (κ3) is 0.676. The molecule has 5 nitrogen and oxygen atoms in total. The Morgan fingerprint density at radius 3 is 2.08 bits per heavy atom. The molecule has 0 aromatic carbocycles. The van der Waals surface area contributed by atoms with Gasteiger partial charge in [0.2, 0.25) is 0 Å². The van der Waals surface area contributed by atoms with Gasteiger partial charge in [0.05, 0.1) is 0 Å². The third-order valence-electron chi connectivity index (χ3n) is 2.43. The predicted molar refractivity (Wildman–Crippen MR) is 39.3 cm³/mol. The van der Waals surface area contributed by atoms with Crippen LogP contribution in [0.4, 0.5) is 4.79 Å². The van der Waals surface area contributed by atoms with Gasteiger partial charge in [-0.15, -0.1) is 0 Å². The van der Waals surface area contributed by atoms with Gasteiger partial charge in [0.1, 0.15) is 6.79 Å². The van der Waals surface area contributed by atoms with Crippen LogP contribution in [0.5, 0.6) is 0 Å². The first-order chi connectivity index (χ1) is 6.08. The Kier molecular flexibility index (Phi) is 1.28. The van der Waals surface area contributed by atoms with Gasteiger partial charge in [0, 0.05) is 0 Å². The van der Waals surface area contributed by atoms with Gasteiger partial charge in [-0.1, -0.05) is 23.2 Å². The number of rotatable bonds is 0. The highest BCUT2D eigenvalue weighted by Crippen LogP contribution is 2.61. The van der Waals surface area contributed by atoms with Crippen LogP contribution in [0.3, 0.4) is 0 Å². The second-order valence-electron chi connectivity index (χ2n) is 3.04. The standard InChI is InChI=1S/C6H4Cl2O5/c7-5-2-3(11-1-10-2)6(5,8)13-4(9)12-5/h2-3H,1H2/t2-,3+,5-,6+. The van der Waals surface area contributed by atoms with Gasteiger partial charge < -0.3 is 18.9 Å². The van der Waals surface area contributed by atoms with E-state index >= 15 is 0 Å². The maximum atomic E-state index is 10.8. The highest BCUT2D eigenvalue weighted by atomic mass is 35.5. The van der Waals surface area contributed by atoms with Crippen molar-refractivity contribution in [3.8, 4) is 0 Å². The summed E-state index contributed by atoms with van der Waals surface area (Å²) in [4.78, 5) is 10.8. The first-order valence-electron chi connectivity index (χ1n) is 3.61. The van der Waals surface area contributed by atoms with E-state index in [9.17, 15) is 4.79 Å². The lowest BCUT2D eigenvalue weighted by molar-refractivity contribution is -0.158. The minimum atomic E-state index is -1.44. The number of hydrogen-bond acceptors (Lipinski definition) is 5. The zero-order valence-corrected chi connectivity index (χ0v) is 7.67. The Labute approximate surface area is 82.8 Å². The predicted octanol–water partition coefficient (Wildman–Crippen LogP) is 0.778. The van der Waals surface area contributed by atoms with E-state index in [0.717, 1.165) is 0 Å². The summed E-state index contributed by atoms with van der Waals surface area (Å²) in [6.07, 6.45) is -1.98. The number of carbonyl (C=O) groups excluding carboxylic acids is 1. The molecule has 0 N–H and O–H groups in total. The average Bonchev–Trinajstić information content (AvgIpc) is 2.55. The Morgan fingerprint density at radius 2 is 1.62 bits per heavy atom. The molecule has 0 unspecified atom stereocenters. The molecule has 2 aliphatic heterocycles. The molecule has 0 aromatic heterocycles. The fraction of sp³-hybridized carbons (Fsp3) is 0.833. The Bertz CT molecular complexity index is 271. The molecule has 2 saturated heterocycles. The van der Waals surface area contributed by atoms with Crippen molar-refractivity contribution >= 4 is 29.4 Å². The monoisotopic (exact) mass is 226 g/mol. The molecule has 0 radical (unpaired) electrons. The molecular formula is C6H4Cl2O5. The highest BCUT2D eigenvalue weighted by Gasteiger charge is 2.84. The van der Waals surface area contributed by atoms with Gasteiger partial charge in [-0.2, -0.15) is 0 Å². The first-order valence-corrected chi connectivity index (χ1v) is 4.36. The van der Waals surface area contributed by atoms with Crippen LogP contribution in [0, 0.1) is 0 Å². The largest absolute Gasteiger partial charge is 0.512 e. The van der Waals surface area contributed by atoms with Crippen molar-refractivity contribution < 1.29 is 23.7 Å². The molecular weight excluding hydrogens is 223 g/mol. The van der Waals surface area contributed by atoms with Crippen LogP contribution in [0.25, 0.3) is 0 Å². The van der Waals surface area contributed by atoms with E-state index in [1.807, 2.05) is 0 Å². The molecule has 13 heavy (non-hydrogen) atoms. The van der Waals surface area contributed by atoms with Gasteiger partial charge >= 0.3 is 6.16 Å². The van der Waals surface area contributed by atoms with E-state index in [1.165, 1.54) is 0 Å². The summed E-state index contributed by atoms with van der Waals surface area (Å²) in [7, 11) is 0. The van der Waals surface area contributed by atoms with Crippen molar-refractivity contribution in [1.29, 1.82) is 0 Å². The van der Waals surface area contributed by atoms with Gasteiger partial charge in [-0.25, -0.2) is 4.79 Å². The molecule has 2 heterocycles. The molecule has 3 aliphatic rings. The topological polar surface area (TPSA) is 54.0 Å². The van der Waals surface area contributed by atoms with Crippen LogP contribution in [-0.4, -0.2) is 35.3 Å². The van der Waals surface area contributed by atoms with E-state index in [-0.39, 0.29) is 6.79 Å². The van der Waals surface area contributed by atoms with Crippen LogP contribution >= 0.6 is 23.2 Å². The third-order valence-corrected chi connectivity index (χ3v) is 3.67. The number of alkyl halides is 2. The van der Waals surface area contributed by atoms with Gasteiger partial charge in [0.15, 0.2) is 12.2 Å². The number of carbonyl (C=O) groups is 1. The summed E-state index contributed by atoms with van der Waals surface area (Å²) in [5.41, 5.74) is 0. The van der Waals surface area contributed by atoms with Crippen LogP contribution in [0.15, 0.2) is 0 Å². The van der Waals surface area contributed by atoms with Crippen LogP contribution in [0.1, 0.15) is 0 Å². The number of ether oxygens (including phenoxy) is 4. The Hall–Kier alpha value is -0.230. The summed E-state index contributed by atoms with van der Waals surface area (Å²) >= 11 is 11.9. The van der Waals surface area contributed by atoms with Crippen LogP contribution < -0.4 is 0 Å². The first kappa shape index (κ1) is 8.11. The molecule has 1 saturated carbocycles. The van der Waals surface area contributed by atoms with Crippen LogP contribution in [0.2, 0.25) is 0 Å². The molecule has 0 aromatic rings. The summed E-state index contributed by atoms with van der Waals surface area (Å²) in [5.74, 6) is 0. The number of hydrogen-bond donors (Lipinski definition) is 0. The fourth-order valence-electron chi connectivity index (χ4n) is 1.77. The molecule has 4 atom stereocenters. The zero-order chi connectivity index (χ0) is 9.27. The Morgan fingerprint density at radius 1 is 1.15 bits per heavy atom. The number of fused-ring (bicyclic) bond motifs is 4. The quantitative estimate of drug-likeness (QED) is 0.452. The zero-order valence-electron chi connectivity index (χ0n) is 6.16. The SMILES string of the molecule is O=C1O[C@@]2(Cl)[C@H]3OCO[C@H]3[C@@]2(Cl)O1. The molecule has 0 spiro atoms. The molecule has 0 amide bonds. The number of halogens is 2. The van der Waals surface area contributed by atoms with E-state index in [0.29, 0.717) is 0 Å². The van der Waals surface area contributed by atoms with Crippen molar-refractivity contribution in [3.63, 3.8) is 0 Å². The van der Waals surface area contributed by atoms with Crippen molar-refractivity contribution in [1.82, 2.24) is 0 Å². The maximum Gasteiger partial charge on any atom is 0.512 e. The second kappa shape index (κ2) is 2.06. The Balaban J connectivity index is 2.02. The van der Waals surface area contributed by atoms with Crippen LogP contribution in [-0.2, 0) is 18.9 Å². The van der Waals surface area contributed by atoms with Crippen molar-refractivity contribution in [2.75, 3.05) is 6.79 Å². The van der Waals surface area contributed by atoms with E-state index < -0.39 is 28.5 Å². The summed E-state index contributed by atoms with van der Waals surface area (Å²) in [5, 5.41) is -2.88. The van der Waals surface area contributed by atoms with Crippen molar-refractivity contribution in [2.24, 2.45) is 0 Å². The fourth-order valence-corrected chi connectivity index (χ4v) is 2.55. The molecule has 0 bridgehead atoms. The van der Waals surface area contributed by atoms with Gasteiger partial charge in [0.25, 0.3) is 10.1 Å². The van der Waals surface area contributed by atoms with Gasteiger partial charge in [-0.3, -0.25) is 0 Å². The van der Waals surface area contributed by atoms with E-state index in [1.54, 1.807) is 0 Å². The van der Waals surface area contributed by atoms with Crippen molar-refractivity contribution in [2.45, 2.75) is 22.3 Å². The minimum Gasteiger partial charge on any atom is -0.403 e. The highest BCUT2D eigenvalue weighted by molar-refractivity contribution is 6.37. The minimum absolute atomic E-state index is 0.0825. The van der Waals surface area contributed by atoms with E-state index in [2.05, 4.69) is 0 Å². The van der Waals surface area contributed by atoms with Crippen molar-refractivity contribution in [3.05, 3.63) is 0 Å². The summed E-state index contributed by atoms with van der Waals surface area (Å²) < 4.78 is 19.6. The lowest BCUT2D eigenvalue weighted by Gasteiger charge is -2.48. The maximum absolute atomic E-state index is 10.8. The molecule has 3 rings (SSSR count). The molecule has 7 heteroatoms. The van der Waals surface area contributed by atoms with E-state index in [4.69, 9.17) is 42.1 Å². The molecule has 72 valence electrons. The lowest BCUT2D eigenvalue weighted by Crippen LogP contribution is -2.73. The average molecular weight is 227 g/mol. The summed E-state index contributed by atoms with van der Waals surface area (Å²) in [6.45, 7) is 0.0825. The molecule has 1 aliphatic carbocycles. The second-order valence-corrected chi connectivity index (χ2v) is 4.16. The molecule has 3 fully saturated rings. The smallest absolute Gasteiger partial charge is 0.403 e. The normalized spacial score (nSPS) is 57.5. The van der Waals surface area contributed by atoms with Gasteiger partial charge in [-0.05, 0) is 0 Å².